The molecule has 0 spiro atoms. The molecule has 0 unspecified atom stereocenters. The lowest BCUT2D eigenvalue weighted by Crippen LogP contribution is -2.47. The van der Waals surface area contributed by atoms with Crippen LogP contribution in [0, 0.1) is 13.8 Å². The zero-order valence-electron chi connectivity index (χ0n) is 13.8. The van der Waals surface area contributed by atoms with Crippen LogP contribution in [-0.4, -0.2) is 51.2 Å². The van der Waals surface area contributed by atoms with Gasteiger partial charge in [0.05, 0.1) is 0 Å². The first-order valence-electron chi connectivity index (χ1n) is 7.86. The summed E-state index contributed by atoms with van der Waals surface area (Å²) in [5.41, 5.74) is 1.99. The number of rotatable bonds is 3. The summed E-state index contributed by atoms with van der Waals surface area (Å²) in [5, 5.41) is 9.62. The van der Waals surface area contributed by atoms with Crippen LogP contribution >= 0.6 is 0 Å². The van der Waals surface area contributed by atoms with Crippen molar-refractivity contribution in [3.63, 3.8) is 0 Å². The number of anilines is 2. The van der Waals surface area contributed by atoms with E-state index in [0.29, 0.717) is 5.82 Å². The first-order chi connectivity index (χ1) is 11.0. The Bertz CT molecular complexity index is 662. The van der Waals surface area contributed by atoms with E-state index in [-0.39, 0.29) is 0 Å². The lowest BCUT2D eigenvalue weighted by atomic mass is 10.3. The van der Waals surface area contributed by atoms with Gasteiger partial charge in [0.25, 0.3) is 0 Å². The third-order valence-electron chi connectivity index (χ3n) is 3.89. The van der Waals surface area contributed by atoms with E-state index in [1.165, 1.54) is 0 Å². The summed E-state index contributed by atoms with van der Waals surface area (Å²) in [7, 11) is 0. The summed E-state index contributed by atoms with van der Waals surface area (Å²) in [4.78, 5) is 22.0. The van der Waals surface area contributed by atoms with Crippen LogP contribution in [0.15, 0.2) is 18.3 Å². The van der Waals surface area contributed by atoms with Crippen LogP contribution in [-0.2, 0) is 0 Å². The summed E-state index contributed by atoms with van der Waals surface area (Å²) >= 11 is 0. The largest absolute Gasteiger partial charge is 0.385 e. The predicted molar refractivity (Wildman–Crippen MR) is 88.6 cm³/mol. The molecule has 0 aromatic carbocycles. The molecule has 122 valence electrons. The van der Waals surface area contributed by atoms with Crippen LogP contribution in [0.2, 0.25) is 0 Å². The number of aliphatic hydroxyl groups is 1. The maximum absolute atomic E-state index is 9.62. The Morgan fingerprint density at radius 1 is 1.00 bits per heavy atom. The van der Waals surface area contributed by atoms with Crippen LogP contribution < -0.4 is 9.80 Å². The quantitative estimate of drug-likeness (QED) is 0.914. The van der Waals surface area contributed by atoms with E-state index in [2.05, 4.69) is 29.7 Å². The molecule has 7 nitrogen and oxygen atoms in total. The summed E-state index contributed by atoms with van der Waals surface area (Å²) in [6.07, 6.45) is 1.05. The third kappa shape index (κ3) is 3.56. The first kappa shape index (κ1) is 15.6. The fourth-order valence-corrected chi connectivity index (χ4v) is 2.73. The smallest absolute Gasteiger partial charge is 0.225 e. The Labute approximate surface area is 136 Å². The highest BCUT2D eigenvalue weighted by atomic mass is 16.3. The molecule has 1 atom stereocenters. The van der Waals surface area contributed by atoms with Crippen molar-refractivity contribution in [1.29, 1.82) is 0 Å². The Morgan fingerprint density at radius 3 is 2.22 bits per heavy atom. The van der Waals surface area contributed by atoms with E-state index in [1.807, 2.05) is 26.0 Å². The van der Waals surface area contributed by atoms with E-state index in [4.69, 9.17) is 0 Å². The highest BCUT2D eigenvalue weighted by Crippen LogP contribution is 2.18. The molecule has 0 saturated carbocycles. The van der Waals surface area contributed by atoms with Gasteiger partial charge in [0, 0.05) is 43.8 Å². The molecule has 7 heteroatoms. The van der Waals surface area contributed by atoms with Crippen molar-refractivity contribution in [3.8, 4) is 0 Å². The molecule has 0 bridgehead atoms. The number of aryl methyl sites for hydroxylation is 2. The average Bonchev–Trinajstić information content (AvgIpc) is 2.54. The van der Waals surface area contributed by atoms with Gasteiger partial charge in [0.1, 0.15) is 11.9 Å². The number of hydrogen-bond acceptors (Lipinski definition) is 7. The van der Waals surface area contributed by atoms with Crippen molar-refractivity contribution in [2.45, 2.75) is 26.9 Å². The Balaban J connectivity index is 1.69. The Hall–Kier alpha value is -2.28. The highest BCUT2D eigenvalue weighted by molar-refractivity contribution is 5.42. The number of nitrogens with zero attached hydrogens (tertiary/aromatic N) is 6. The van der Waals surface area contributed by atoms with Gasteiger partial charge in [-0.1, -0.05) is 0 Å². The van der Waals surface area contributed by atoms with Gasteiger partial charge in [-0.15, -0.1) is 0 Å². The summed E-state index contributed by atoms with van der Waals surface area (Å²) in [6, 6.07) is 3.87. The van der Waals surface area contributed by atoms with E-state index in [1.54, 1.807) is 13.1 Å². The van der Waals surface area contributed by atoms with Crippen LogP contribution in [0.5, 0.6) is 0 Å². The van der Waals surface area contributed by atoms with Gasteiger partial charge in [-0.2, -0.15) is 0 Å². The number of aromatic nitrogens is 4. The van der Waals surface area contributed by atoms with Crippen LogP contribution in [0.4, 0.5) is 11.8 Å². The fraction of sp³-hybridized carbons (Fsp3) is 0.500. The molecule has 1 N–H and O–H groups in total. The first-order valence-corrected chi connectivity index (χ1v) is 7.86. The van der Waals surface area contributed by atoms with Crippen molar-refractivity contribution < 1.29 is 5.11 Å². The van der Waals surface area contributed by atoms with E-state index < -0.39 is 6.10 Å². The highest BCUT2D eigenvalue weighted by Gasteiger charge is 2.21. The number of hydrogen-bond donors (Lipinski definition) is 1. The topological polar surface area (TPSA) is 78.3 Å². The van der Waals surface area contributed by atoms with Gasteiger partial charge in [-0.05, 0) is 32.9 Å². The van der Waals surface area contributed by atoms with Gasteiger partial charge < -0.3 is 14.9 Å². The maximum Gasteiger partial charge on any atom is 0.225 e. The normalized spacial score (nSPS) is 16.5. The number of aliphatic hydroxyl groups excluding tert-OH is 1. The molecule has 0 radical (unpaired) electrons. The van der Waals surface area contributed by atoms with Gasteiger partial charge in [-0.25, -0.2) is 19.9 Å². The Morgan fingerprint density at radius 2 is 1.61 bits per heavy atom. The minimum Gasteiger partial charge on any atom is -0.385 e. The summed E-state index contributed by atoms with van der Waals surface area (Å²) in [5.74, 6) is 2.12. The average molecular weight is 314 g/mol. The molecular weight excluding hydrogens is 292 g/mol. The Kier molecular flexibility index (Phi) is 4.38. The predicted octanol–water partition coefficient (Wildman–Crippen LogP) is 1.26. The van der Waals surface area contributed by atoms with Crippen LogP contribution in [0.3, 0.4) is 0 Å². The van der Waals surface area contributed by atoms with Crippen molar-refractivity contribution in [2.75, 3.05) is 36.0 Å². The lowest BCUT2D eigenvalue weighted by Gasteiger charge is -2.35. The van der Waals surface area contributed by atoms with Crippen molar-refractivity contribution in [1.82, 2.24) is 19.9 Å². The monoisotopic (exact) mass is 314 g/mol. The van der Waals surface area contributed by atoms with Crippen LogP contribution in [0.1, 0.15) is 30.2 Å². The molecule has 2 aromatic heterocycles. The second-order valence-electron chi connectivity index (χ2n) is 5.87. The second kappa shape index (κ2) is 6.45. The van der Waals surface area contributed by atoms with E-state index >= 15 is 0 Å². The second-order valence-corrected chi connectivity index (χ2v) is 5.87. The lowest BCUT2D eigenvalue weighted by molar-refractivity contribution is 0.189. The number of piperazine rings is 1. The molecule has 1 saturated heterocycles. The zero-order chi connectivity index (χ0) is 16.4. The van der Waals surface area contributed by atoms with E-state index in [0.717, 1.165) is 49.3 Å². The van der Waals surface area contributed by atoms with Gasteiger partial charge in [-0.3, -0.25) is 0 Å². The maximum atomic E-state index is 9.62. The van der Waals surface area contributed by atoms with Crippen LogP contribution in [0.25, 0.3) is 0 Å². The molecule has 2 aromatic rings. The summed E-state index contributed by atoms with van der Waals surface area (Å²) in [6.45, 7) is 9.03. The van der Waals surface area contributed by atoms with Crippen molar-refractivity contribution in [2.24, 2.45) is 0 Å². The van der Waals surface area contributed by atoms with Crippen molar-refractivity contribution in [3.05, 3.63) is 35.5 Å². The molecule has 0 amide bonds. The molecule has 1 aliphatic rings. The summed E-state index contributed by atoms with van der Waals surface area (Å²) < 4.78 is 0. The molecule has 1 aliphatic heterocycles. The van der Waals surface area contributed by atoms with Crippen molar-refractivity contribution >= 4 is 11.8 Å². The molecule has 1 fully saturated rings. The SMILES string of the molecule is Cc1cc(C)nc(N2CCN(c3ccnc([C@@H](C)O)n3)CC2)n1. The minimum atomic E-state index is -0.653. The van der Waals surface area contributed by atoms with Gasteiger partial charge in [0.15, 0.2) is 5.82 Å². The van der Waals surface area contributed by atoms with Gasteiger partial charge in [0.2, 0.25) is 5.95 Å². The zero-order valence-corrected chi connectivity index (χ0v) is 13.8. The molecular formula is C16H22N6O. The molecule has 23 heavy (non-hydrogen) atoms. The van der Waals surface area contributed by atoms with Gasteiger partial charge >= 0.3 is 0 Å². The minimum absolute atomic E-state index is 0.461. The molecule has 0 aliphatic carbocycles. The fourth-order valence-electron chi connectivity index (χ4n) is 2.73. The van der Waals surface area contributed by atoms with E-state index in [9.17, 15) is 5.11 Å². The third-order valence-corrected chi connectivity index (χ3v) is 3.89. The standard InChI is InChI=1S/C16H22N6O/c1-11-10-12(2)19-16(18-11)22-8-6-21(7-9-22)14-4-5-17-15(20-14)13(3)23/h4-5,10,13,23H,6-9H2,1-3H3/t13-/m1/s1. The molecule has 3 heterocycles. The molecule has 3 rings (SSSR count).